The van der Waals surface area contributed by atoms with Gasteiger partial charge < -0.3 is 10.1 Å². The minimum Gasteiger partial charge on any atom is -0.496 e. The fraction of sp³-hybridized carbons (Fsp3) is 0.300. The summed E-state index contributed by atoms with van der Waals surface area (Å²) in [6, 6.07) is 6.92. The summed E-state index contributed by atoms with van der Waals surface area (Å²) in [5.74, 6) is 0.273. The van der Waals surface area contributed by atoms with E-state index in [-0.39, 0.29) is 12.5 Å². The molecule has 1 rings (SSSR count). The standard InChI is InChI=1S/C10H12N4O2/c1-16-9-5-3-2-4-8(9)10(15)12-6-7-13-14-11/h2-5H,6-7H2,1H3,(H,12,15). The molecule has 0 aliphatic rings. The van der Waals surface area contributed by atoms with E-state index in [2.05, 4.69) is 15.3 Å². The average Bonchev–Trinajstić information content (AvgIpc) is 2.34. The van der Waals surface area contributed by atoms with E-state index in [1.165, 1.54) is 7.11 Å². The third-order valence-electron chi connectivity index (χ3n) is 1.91. The molecule has 6 heteroatoms. The molecule has 1 amide bonds. The summed E-state index contributed by atoms with van der Waals surface area (Å²) in [6.07, 6.45) is 0. The third kappa shape index (κ3) is 3.18. The van der Waals surface area contributed by atoms with Crippen LogP contribution in [-0.2, 0) is 0 Å². The van der Waals surface area contributed by atoms with Crippen LogP contribution in [-0.4, -0.2) is 26.1 Å². The minimum absolute atomic E-state index is 0.234. The number of azide groups is 1. The first kappa shape index (κ1) is 11.9. The molecule has 0 saturated heterocycles. The van der Waals surface area contributed by atoms with Crippen LogP contribution in [0.4, 0.5) is 0 Å². The van der Waals surface area contributed by atoms with Crippen LogP contribution in [0, 0.1) is 0 Å². The Morgan fingerprint density at radius 1 is 1.56 bits per heavy atom. The largest absolute Gasteiger partial charge is 0.496 e. The number of carbonyl (C=O) groups excluding carboxylic acids is 1. The molecule has 1 aromatic carbocycles. The number of nitrogens with one attached hydrogen (secondary N) is 1. The molecule has 1 N–H and O–H groups in total. The Bertz CT molecular complexity index is 413. The molecule has 0 heterocycles. The lowest BCUT2D eigenvalue weighted by molar-refractivity contribution is 0.0952. The zero-order valence-electron chi connectivity index (χ0n) is 8.88. The maximum atomic E-state index is 11.7. The second kappa shape index (κ2) is 6.31. The van der Waals surface area contributed by atoms with Crippen LogP contribution < -0.4 is 10.1 Å². The lowest BCUT2D eigenvalue weighted by Crippen LogP contribution is -2.26. The first-order valence-electron chi connectivity index (χ1n) is 4.71. The molecule has 0 radical (unpaired) electrons. The highest BCUT2D eigenvalue weighted by Crippen LogP contribution is 2.16. The van der Waals surface area contributed by atoms with Gasteiger partial charge in [0.15, 0.2) is 0 Å². The summed E-state index contributed by atoms with van der Waals surface area (Å²) in [5, 5.41) is 5.94. The van der Waals surface area contributed by atoms with Crippen LogP contribution >= 0.6 is 0 Å². The SMILES string of the molecule is COc1ccccc1C(=O)NCCN=[N+]=[N-]. The Labute approximate surface area is 92.8 Å². The topological polar surface area (TPSA) is 87.1 Å². The van der Waals surface area contributed by atoms with Crippen LogP contribution in [0.15, 0.2) is 29.4 Å². The summed E-state index contributed by atoms with van der Waals surface area (Å²) < 4.78 is 5.05. The molecule has 0 spiro atoms. The van der Waals surface area contributed by atoms with E-state index >= 15 is 0 Å². The summed E-state index contributed by atoms with van der Waals surface area (Å²) in [6.45, 7) is 0.540. The van der Waals surface area contributed by atoms with E-state index in [1.807, 2.05) is 0 Å². The van der Waals surface area contributed by atoms with Crippen molar-refractivity contribution in [3.8, 4) is 5.75 Å². The Hall–Kier alpha value is -2.20. The molecule has 0 aromatic heterocycles. The molecule has 0 aliphatic heterocycles. The quantitative estimate of drug-likeness (QED) is 0.354. The molecule has 0 unspecified atom stereocenters. The third-order valence-corrected chi connectivity index (χ3v) is 1.91. The second-order valence-electron chi connectivity index (χ2n) is 2.91. The first-order chi connectivity index (χ1) is 7.79. The van der Waals surface area contributed by atoms with E-state index < -0.39 is 0 Å². The number of ether oxygens (including phenoxy) is 1. The van der Waals surface area contributed by atoms with Gasteiger partial charge in [-0.3, -0.25) is 4.79 Å². The lowest BCUT2D eigenvalue weighted by atomic mass is 10.2. The number of para-hydroxylation sites is 1. The zero-order valence-corrected chi connectivity index (χ0v) is 8.88. The van der Waals surface area contributed by atoms with Crippen molar-refractivity contribution >= 4 is 5.91 Å². The molecule has 1 aromatic rings. The van der Waals surface area contributed by atoms with Gasteiger partial charge >= 0.3 is 0 Å². The molecule has 0 atom stereocenters. The summed E-state index contributed by atoms with van der Waals surface area (Å²) >= 11 is 0. The predicted octanol–water partition coefficient (Wildman–Crippen LogP) is 1.74. The van der Waals surface area contributed by atoms with Crippen molar-refractivity contribution in [3.63, 3.8) is 0 Å². The highest BCUT2D eigenvalue weighted by atomic mass is 16.5. The Morgan fingerprint density at radius 2 is 2.31 bits per heavy atom. The highest BCUT2D eigenvalue weighted by Gasteiger charge is 2.09. The van der Waals surface area contributed by atoms with E-state index in [4.69, 9.17) is 10.3 Å². The van der Waals surface area contributed by atoms with Gasteiger partial charge in [-0.05, 0) is 17.7 Å². The number of rotatable bonds is 5. The molecular formula is C10H12N4O2. The van der Waals surface area contributed by atoms with Crippen LogP contribution in [0.5, 0.6) is 5.75 Å². The molecule has 0 bridgehead atoms. The van der Waals surface area contributed by atoms with Gasteiger partial charge in [-0.2, -0.15) is 0 Å². The monoisotopic (exact) mass is 220 g/mol. The smallest absolute Gasteiger partial charge is 0.255 e. The number of hydrogen-bond acceptors (Lipinski definition) is 3. The van der Waals surface area contributed by atoms with Crippen molar-refractivity contribution in [1.29, 1.82) is 0 Å². The number of methoxy groups -OCH3 is 1. The van der Waals surface area contributed by atoms with Crippen molar-refractivity contribution in [2.75, 3.05) is 20.2 Å². The van der Waals surface area contributed by atoms with Crippen LogP contribution in [0.1, 0.15) is 10.4 Å². The summed E-state index contributed by atoms with van der Waals surface area (Å²) in [4.78, 5) is 14.2. The van der Waals surface area contributed by atoms with Crippen molar-refractivity contribution in [2.24, 2.45) is 5.11 Å². The van der Waals surface area contributed by atoms with E-state index in [1.54, 1.807) is 24.3 Å². The van der Waals surface area contributed by atoms with Crippen molar-refractivity contribution < 1.29 is 9.53 Å². The molecule has 0 saturated carbocycles. The average molecular weight is 220 g/mol. The normalized spacial score (nSPS) is 9.06. The molecule has 0 fully saturated rings. The maximum absolute atomic E-state index is 11.7. The van der Waals surface area contributed by atoms with Crippen LogP contribution in [0.25, 0.3) is 10.4 Å². The minimum atomic E-state index is -0.245. The maximum Gasteiger partial charge on any atom is 0.255 e. The Kier molecular flexibility index (Phi) is 4.69. The zero-order chi connectivity index (χ0) is 11.8. The van der Waals surface area contributed by atoms with Gasteiger partial charge in [-0.25, -0.2) is 0 Å². The summed E-state index contributed by atoms with van der Waals surface area (Å²) in [5.41, 5.74) is 8.52. The van der Waals surface area contributed by atoms with Gasteiger partial charge in [0.1, 0.15) is 5.75 Å². The lowest BCUT2D eigenvalue weighted by Gasteiger charge is -2.07. The summed E-state index contributed by atoms with van der Waals surface area (Å²) in [7, 11) is 1.51. The van der Waals surface area contributed by atoms with Gasteiger partial charge in [0.25, 0.3) is 5.91 Å². The van der Waals surface area contributed by atoms with E-state index in [9.17, 15) is 4.79 Å². The fourth-order valence-electron chi connectivity index (χ4n) is 1.19. The highest BCUT2D eigenvalue weighted by molar-refractivity contribution is 5.96. The van der Waals surface area contributed by atoms with Gasteiger partial charge in [-0.1, -0.05) is 17.2 Å². The number of nitrogens with zero attached hydrogens (tertiary/aromatic N) is 3. The number of amides is 1. The predicted molar refractivity (Wildman–Crippen MR) is 59.3 cm³/mol. The van der Waals surface area contributed by atoms with E-state index in [0.717, 1.165) is 0 Å². The molecule has 0 aliphatic carbocycles. The Morgan fingerprint density at radius 3 is 3.00 bits per heavy atom. The molecule has 84 valence electrons. The second-order valence-corrected chi connectivity index (χ2v) is 2.91. The number of benzene rings is 1. The van der Waals surface area contributed by atoms with Gasteiger partial charge in [0, 0.05) is 18.0 Å². The first-order valence-corrected chi connectivity index (χ1v) is 4.71. The van der Waals surface area contributed by atoms with E-state index in [0.29, 0.717) is 17.9 Å². The van der Waals surface area contributed by atoms with Gasteiger partial charge in [0.05, 0.1) is 12.7 Å². The van der Waals surface area contributed by atoms with Crippen molar-refractivity contribution in [3.05, 3.63) is 40.3 Å². The van der Waals surface area contributed by atoms with Crippen molar-refractivity contribution in [1.82, 2.24) is 5.32 Å². The molecular weight excluding hydrogens is 208 g/mol. The van der Waals surface area contributed by atoms with Crippen LogP contribution in [0.3, 0.4) is 0 Å². The van der Waals surface area contributed by atoms with Crippen molar-refractivity contribution in [2.45, 2.75) is 0 Å². The Balaban J connectivity index is 2.61. The molecule has 6 nitrogen and oxygen atoms in total. The van der Waals surface area contributed by atoms with Gasteiger partial charge in [0.2, 0.25) is 0 Å². The number of hydrogen-bond donors (Lipinski definition) is 1. The van der Waals surface area contributed by atoms with Crippen LogP contribution in [0.2, 0.25) is 0 Å². The van der Waals surface area contributed by atoms with Gasteiger partial charge in [-0.15, -0.1) is 0 Å². The fourth-order valence-corrected chi connectivity index (χ4v) is 1.19. The number of carbonyl (C=O) groups is 1. The molecule has 16 heavy (non-hydrogen) atoms.